The van der Waals surface area contributed by atoms with Crippen molar-refractivity contribution in [2.75, 3.05) is 0 Å². The summed E-state index contributed by atoms with van der Waals surface area (Å²) in [5.74, 6) is -0.975. The van der Waals surface area contributed by atoms with Gasteiger partial charge in [0.05, 0.1) is 0 Å². The molecule has 2 heteroatoms. The van der Waals surface area contributed by atoms with Crippen LogP contribution in [0.5, 0.6) is 0 Å². The van der Waals surface area contributed by atoms with Gasteiger partial charge >= 0.3 is 303 Å². The van der Waals surface area contributed by atoms with Gasteiger partial charge < -0.3 is 0 Å². The van der Waals surface area contributed by atoms with E-state index in [4.69, 9.17) is 0 Å². The first-order chi connectivity index (χ1) is 22.9. The van der Waals surface area contributed by atoms with Gasteiger partial charge in [0, 0.05) is 0 Å². The summed E-state index contributed by atoms with van der Waals surface area (Å²) in [6.07, 6.45) is 10.2. The van der Waals surface area contributed by atoms with E-state index in [0.29, 0.717) is 7.25 Å². The first-order valence-electron chi connectivity index (χ1n) is 18.6. The van der Waals surface area contributed by atoms with Gasteiger partial charge in [0.2, 0.25) is 0 Å². The molecule has 48 heavy (non-hydrogen) atoms. The Morgan fingerprint density at radius 1 is 0.521 bits per heavy atom. The molecule has 0 amide bonds. The second-order valence-corrected chi connectivity index (χ2v) is 36.7. The monoisotopic (exact) mass is 727 g/mol. The third-order valence-electron chi connectivity index (χ3n) is 10.8. The van der Waals surface area contributed by atoms with Gasteiger partial charge in [-0.25, -0.2) is 0 Å². The molecule has 249 valence electrons. The molecule has 4 aromatic carbocycles. The van der Waals surface area contributed by atoms with Crippen LogP contribution in [0.3, 0.4) is 0 Å². The Hall–Kier alpha value is -2.54. The maximum absolute atomic E-state index is 2.72. The van der Waals surface area contributed by atoms with E-state index in [2.05, 4.69) is 166 Å². The summed E-state index contributed by atoms with van der Waals surface area (Å²) in [5, 5.41) is 0. The molecule has 0 bridgehead atoms. The normalized spacial score (nSPS) is 17.3. The molecule has 2 aliphatic carbocycles. The summed E-state index contributed by atoms with van der Waals surface area (Å²) in [6, 6.07) is 33.0. The molecule has 0 spiro atoms. The van der Waals surface area contributed by atoms with Crippen molar-refractivity contribution in [1.82, 2.24) is 0 Å². The van der Waals surface area contributed by atoms with E-state index >= 15 is 0 Å². The standard InChI is InChI=1S/2C22H25.C2H7Si.Zr/c2*1-5-9-16-14-17-10-8-12-18(20(17)15-16)19-11-6-7-13-21(19)22(2,3)4;1-3-2;/h2*6-8,10-15H,5,9H2,1-4H3;3H,1-2H3;. The van der Waals surface area contributed by atoms with Gasteiger partial charge in [-0.1, -0.05) is 0 Å². The summed E-state index contributed by atoms with van der Waals surface area (Å²) in [5.41, 5.74) is 18.7. The van der Waals surface area contributed by atoms with Gasteiger partial charge in [-0.3, -0.25) is 0 Å². The van der Waals surface area contributed by atoms with Gasteiger partial charge in [-0.2, -0.15) is 0 Å². The van der Waals surface area contributed by atoms with E-state index in [9.17, 15) is 0 Å². The maximum atomic E-state index is 2.72. The fourth-order valence-electron chi connectivity index (χ4n) is 8.77. The number of allylic oxidation sites excluding steroid dienone is 2. The molecule has 0 radical (unpaired) electrons. The molecule has 0 saturated carbocycles. The topological polar surface area (TPSA) is 0 Å². The number of hydrogen-bond donors (Lipinski definition) is 0. The minimum atomic E-state index is -2.21. The van der Waals surface area contributed by atoms with E-state index in [1.165, 1.54) is 70.2 Å². The SMILES string of the molecule is CCCC1=Cc2c(-c3ccccc3C(C)(C)C)cccc2[CH]1[Zr]([CH]1C(CCC)=Cc2c(-c3ccccc3C(C)(C)C)cccc21)[SiH](C)C. The number of rotatable bonds is 9. The van der Waals surface area contributed by atoms with Crippen LogP contribution in [0.2, 0.25) is 13.1 Å². The van der Waals surface area contributed by atoms with Gasteiger partial charge in [0.1, 0.15) is 0 Å². The van der Waals surface area contributed by atoms with Crippen LogP contribution in [0.25, 0.3) is 34.4 Å². The first kappa shape index (κ1) is 35.3. The second kappa shape index (κ2) is 14.0. The molecule has 0 aliphatic heterocycles. The molecule has 2 unspecified atom stereocenters. The van der Waals surface area contributed by atoms with Crippen LogP contribution in [0.1, 0.15) is 122 Å². The van der Waals surface area contributed by atoms with Crippen molar-refractivity contribution >= 4 is 18.1 Å². The first-order valence-corrected chi connectivity index (χ1v) is 28.6. The molecule has 0 nitrogen and oxygen atoms in total. The molecule has 4 aromatic rings. The van der Waals surface area contributed by atoms with Crippen LogP contribution in [-0.2, 0) is 31.7 Å². The van der Waals surface area contributed by atoms with Crippen molar-refractivity contribution in [1.29, 1.82) is 0 Å². The van der Waals surface area contributed by atoms with Crippen molar-refractivity contribution in [3.63, 3.8) is 0 Å². The van der Waals surface area contributed by atoms with E-state index in [1.807, 2.05) is 0 Å². The number of benzene rings is 4. The van der Waals surface area contributed by atoms with Crippen LogP contribution in [0.15, 0.2) is 96.1 Å². The molecule has 0 N–H and O–H groups in total. The number of hydrogen-bond acceptors (Lipinski definition) is 0. The fraction of sp³-hybridized carbons (Fsp3) is 0.391. The van der Waals surface area contributed by atoms with Crippen LogP contribution < -0.4 is 0 Å². The average molecular weight is 729 g/mol. The number of fused-ring (bicyclic) bond motifs is 2. The van der Waals surface area contributed by atoms with Gasteiger partial charge in [-0.15, -0.1) is 0 Å². The van der Waals surface area contributed by atoms with Crippen LogP contribution in [0.4, 0.5) is 0 Å². The summed E-state index contributed by atoms with van der Waals surface area (Å²) in [6.45, 7) is 24.4. The summed E-state index contributed by atoms with van der Waals surface area (Å²) >= 11 is -2.21. The van der Waals surface area contributed by atoms with Crippen LogP contribution in [-0.4, -0.2) is 5.92 Å². The Kier molecular flexibility index (Phi) is 10.3. The average Bonchev–Trinajstić information content (AvgIpc) is 3.59. The predicted molar refractivity (Wildman–Crippen MR) is 211 cm³/mol. The summed E-state index contributed by atoms with van der Waals surface area (Å²) in [4.78, 5) is 0. The molecule has 6 rings (SSSR count). The third-order valence-corrected chi connectivity index (χ3v) is 32.5. The Morgan fingerprint density at radius 2 is 0.896 bits per heavy atom. The summed E-state index contributed by atoms with van der Waals surface area (Å²) in [7, 11) is 0. The molecule has 2 atom stereocenters. The van der Waals surface area contributed by atoms with Crippen LogP contribution >= 0.6 is 0 Å². The molecule has 0 saturated heterocycles. The summed E-state index contributed by atoms with van der Waals surface area (Å²) < 4.78 is 1.33. The van der Waals surface area contributed by atoms with E-state index < -0.39 is 26.8 Å². The van der Waals surface area contributed by atoms with Crippen molar-refractivity contribution in [3.05, 3.63) is 129 Å². The van der Waals surface area contributed by atoms with Crippen molar-refractivity contribution in [2.24, 2.45) is 0 Å². The fourth-order valence-corrected chi connectivity index (χ4v) is 31.6. The molecular weight excluding hydrogens is 672 g/mol. The zero-order valence-corrected chi connectivity index (χ0v) is 34.9. The molecule has 0 heterocycles. The second-order valence-electron chi connectivity index (χ2n) is 16.7. The Bertz CT molecular complexity index is 1720. The Morgan fingerprint density at radius 3 is 1.25 bits per heavy atom. The predicted octanol–water partition coefficient (Wildman–Crippen LogP) is 13.4. The van der Waals surface area contributed by atoms with Crippen molar-refractivity contribution < 1.29 is 20.9 Å². The third kappa shape index (κ3) is 6.54. The van der Waals surface area contributed by atoms with Gasteiger partial charge in [-0.05, 0) is 0 Å². The Labute approximate surface area is 301 Å². The molecular formula is C46H57SiZr. The van der Waals surface area contributed by atoms with Gasteiger partial charge in [0.15, 0.2) is 0 Å². The van der Waals surface area contributed by atoms with E-state index in [-0.39, 0.29) is 10.8 Å². The minimum absolute atomic E-state index is 0.0930. The molecule has 0 fully saturated rings. The van der Waals surface area contributed by atoms with E-state index in [0.717, 1.165) is 0 Å². The van der Waals surface area contributed by atoms with Crippen molar-refractivity contribution in [3.8, 4) is 22.3 Å². The molecule has 0 aromatic heterocycles. The zero-order chi connectivity index (χ0) is 34.4. The quantitative estimate of drug-likeness (QED) is 0.151. The molecule has 2 aliphatic rings. The Balaban J connectivity index is 1.54. The van der Waals surface area contributed by atoms with Crippen LogP contribution in [0, 0.1) is 0 Å². The van der Waals surface area contributed by atoms with E-state index in [1.54, 1.807) is 22.3 Å². The zero-order valence-electron chi connectivity index (χ0n) is 31.3. The van der Waals surface area contributed by atoms with Crippen molar-refractivity contribution in [2.45, 2.75) is 112 Å². The van der Waals surface area contributed by atoms with Gasteiger partial charge in [0.25, 0.3) is 0 Å².